The van der Waals surface area contributed by atoms with Gasteiger partial charge in [-0.3, -0.25) is 0 Å². The molecule has 0 aromatic carbocycles. The van der Waals surface area contributed by atoms with Crippen molar-refractivity contribution >= 4 is 5.97 Å². The maximum absolute atomic E-state index is 11.1. The van der Waals surface area contributed by atoms with E-state index in [4.69, 9.17) is 19.7 Å². The van der Waals surface area contributed by atoms with Crippen LogP contribution in [0.1, 0.15) is 6.42 Å². The molecule has 0 saturated carbocycles. The Hall–Kier alpha value is -0.690. The fourth-order valence-electron chi connectivity index (χ4n) is 0.953. The van der Waals surface area contributed by atoms with Gasteiger partial charge in [0.05, 0.1) is 33.5 Å². The summed E-state index contributed by atoms with van der Waals surface area (Å²) in [5, 5.41) is 17.0. The quantitative estimate of drug-likeness (QED) is 0.382. The van der Waals surface area contributed by atoms with Crippen LogP contribution in [-0.4, -0.2) is 62.4 Å². The summed E-state index contributed by atoms with van der Waals surface area (Å²) < 4.78 is 14.6. The zero-order valence-corrected chi connectivity index (χ0v) is 8.85. The summed E-state index contributed by atoms with van der Waals surface area (Å²) in [6.45, 7) is 0.408. The Morgan fingerprint density at radius 3 is 2.40 bits per heavy atom. The minimum Gasteiger partial charge on any atom is -0.467 e. The number of carbonyl (C=O) groups excluding carboxylic acids is 1. The van der Waals surface area contributed by atoms with Crippen LogP contribution in [0.25, 0.3) is 0 Å². The van der Waals surface area contributed by atoms with Crippen molar-refractivity contribution in [1.29, 1.82) is 0 Å². The molecule has 0 bridgehead atoms. The smallest absolute Gasteiger partial charge is 0.335 e. The van der Waals surface area contributed by atoms with E-state index in [2.05, 4.69) is 4.74 Å². The maximum Gasteiger partial charge on any atom is 0.335 e. The number of carbonyl (C=O) groups is 1. The van der Waals surface area contributed by atoms with E-state index in [1.807, 2.05) is 0 Å². The molecule has 2 N–H and O–H groups in total. The first-order valence-corrected chi connectivity index (χ1v) is 4.75. The van der Waals surface area contributed by atoms with Gasteiger partial charge < -0.3 is 24.4 Å². The number of hydrogen-bond donors (Lipinski definition) is 2. The molecule has 0 aliphatic carbocycles. The molecule has 0 aliphatic rings. The van der Waals surface area contributed by atoms with Crippen LogP contribution in [0.3, 0.4) is 0 Å². The predicted octanol–water partition coefficient (Wildman–Crippen LogP) is -1.06. The largest absolute Gasteiger partial charge is 0.467 e. The van der Waals surface area contributed by atoms with E-state index in [9.17, 15) is 4.79 Å². The average Bonchev–Trinajstić information content (AvgIpc) is 2.27. The molecule has 0 saturated heterocycles. The first kappa shape index (κ1) is 14.3. The van der Waals surface area contributed by atoms with Crippen molar-refractivity contribution in [3.63, 3.8) is 0 Å². The van der Waals surface area contributed by atoms with Gasteiger partial charge in [0.15, 0.2) is 6.10 Å². The highest BCUT2D eigenvalue weighted by molar-refractivity contribution is 5.74. The van der Waals surface area contributed by atoms with Crippen molar-refractivity contribution in [2.45, 2.75) is 12.5 Å². The van der Waals surface area contributed by atoms with Crippen molar-refractivity contribution in [2.24, 2.45) is 0 Å². The Morgan fingerprint density at radius 2 is 1.87 bits per heavy atom. The Balaban J connectivity index is 3.74. The van der Waals surface area contributed by atoms with Gasteiger partial charge in [-0.15, -0.1) is 0 Å². The molecule has 0 rings (SSSR count). The van der Waals surface area contributed by atoms with Crippen molar-refractivity contribution in [3.05, 3.63) is 0 Å². The molecule has 90 valence electrons. The molecule has 1 atom stereocenters. The van der Waals surface area contributed by atoms with Crippen LogP contribution in [0.4, 0.5) is 0 Å². The second-order valence-corrected chi connectivity index (χ2v) is 2.73. The number of hydrogen-bond acceptors (Lipinski definition) is 6. The molecule has 0 aromatic heterocycles. The molecule has 0 aliphatic heterocycles. The van der Waals surface area contributed by atoms with Gasteiger partial charge in [-0.25, -0.2) is 4.79 Å². The normalized spacial score (nSPS) is 12.5. The minimum atomic E-state index is -0.721. The fourth-order valence-corrected chi connectivity index (χ4v) is 0.953. The predicted molar refractivity (Wildman–Crippen MR) is 51.4 cm³/mol. The SMILES string of the molecule is COC(=O)C(CCOCCO)OCCO. The molecule has 0 aromatic rings. The Kier molecular flexibility index (Phi) is 9.40. The van der Waals surface area contributed by atoms with E-state index >= 15 is 0 Å². The molecule has 0 amide bonds. The lowest BCUT2D eigenvalue weighted by molar-refractivity contribution is -0.156. The lowest BCUT2D eigenvalue weighted by Gasteiger charge is -2.14. The van der Waals surface area contributed by atoms with Crippen LogP contribution in [0.15, 0.2) is 0 Å². The Morgan fingerprint density at radius 1 is 1.20 bits per heavy atom. The summed E-state index contributed by atoms with van der Waals surface area (Å²) in [5.74, 6) is -0.490. The molecule has 15 heavy (non-hydrogen) atoms. The third kappa shape index (κ3) is 7.26. The summed E-state index contributed by atoms with van der Waals surface area (Å²) in [7, 11) is 1.27. The van der Waals surface area contributed by atoms with Crippen molar-refractivity contribution in [1.82, 2.24) is 0 Å². The molecule has 6 nitrogen and oxygen atoms in total. The number of methoxy groups -OCH3 is 1. The number of rotatable bonds is 9. The van der Waals surface area contributed by atoms with E-state index in [-0.39, 0.29) is 26.4 Å². The topological polar surface area (TPSA) is 85.2 Å². The third-order valence-electron chi connectivity index (χ3n) is 1.63. The van der Waals surface area contributed by atoms with E-state index in [1.165, 1.54) is 7.11 Å². The zero-order chi connectivity index (χ0) is 11.5. The van der Waals surface area contributed by atoms with Crippen molar-refractivity contribution in [2.75, 3.05) is 40.1 Å². The molecule has 0 spiro atoms. The highest BCUT2D eigenvalue weighted by Crippen LogP contribution is 2.01. The average molecular weight is 222 g/mol. The maximum atomic E-state index is 11.1. The van der Waals surface area contributed by atoms with Crippen LogP contribution in [0, 0.1) is 0 Å². The van der Waals surface area contributed by atoms with Gasteiger partial charge >= 0.3 is 5.97 Å². The second-order valence-electron chi connectivity index (χ2n) is 2.73. The highest BCUT2D eigenvalue weighted by Gasteiger charge is 2.19. The summed E-state index contributed by atoms with van der Waals surface area (Å²) in [6.07, 6.45) is -0.381. The van der Waals surface area contributed by atoms with E-state index in [0.717, 1.165) is 0 Å². The standard InChI is InChI=1S/C9H18O6/c1-13-9(12)8(15-7-4-11)2-5-14-6-3-10/h8,10-11H,2-7H2,1H3. The van der Waals surface area contributed by atoms with E-state index in [1.54, 1.807) is 0 Å². The van der Waals surface area contributed by atoms with E-state index in [0.29, 0.717) is 13.0 Å². The van der Waals surface area contributed by atoms with Crippen LogP contribution in [0.5, 0.6) is 0 Å². The molecule has 0 radical (unpaired) electrons. The zero-order valence-electron chi connectivity index (χ0n) is 8.85. The van der Waals surface area contributed by atoms with Gasteiger partial charge in [0.25, 0.3) is 0 Å². The minimum absolute atomic E-state index is 0.0552. The molecule has 6 heteroatoms. The van der Waals surface area contributed by atoms with Gasteiger partial charge in [-0.1, -0.05) is 0 Å². The highest BCUT2D eigenvalue weighted by atomic mass is 16.6. The van der Waals surface area contributed by atoms with Gasteiger partial charge in [0.2, 0.25) is 0 Å². The Labute approximate surface area is 88.7 Å². The van der Waals surface area contributed by atoms with Gasteiger partial charge in [-0.05, 0) is 0 Å². The first-order valence-electron chi connectivity index (χ1n) is 4.75. The summed E-state index contributed by atoms with van der Waals surface area (Å²) in [4.78, 5) is 11.1. The summed E-state index contributed by atoms with van der Waals surface area (Å²) in [6, 6.07) is 0. The molecule has 1 unspecified atom stereocenters. The van der Waals surface area contributed by atoms with Gasteiger partial charge in [-0.2, -0.15) is 0 Å². The van der Waals surface area contributed by atoms with Gasteiger partial charge in [0.1, 0.15) is 0 Å². The molecule has 0 heterocycles. The monoisotopic (exact) mass is 222 g/mol. The van der Waals surface area contributed by atoms with Crippen molar-refractivity contribution < 1.29 is 29.2 Å². The lowest BCUT2D eigenvalue weighted by atomic mass is 10.2. The number of esters is 1. The number of aliphatic hydroxyl groups is 2. The lowest BCUT2D eigenvalue weighted by Crippen LogP contribution is -2.28. The summed E-state index contributed by atoms with van der Waals surface area (Å²) in [5.41, 5.74) is 0. The third-order valence-corrected chi connectivity index (χ3v) is 1.63. The van der Waals surface area contributed by atoms with E-state index < -0.39 is 12.1 Å². The Bertz CT molecular complexity index is 161. The van der Waals surface area contributed by atoms with Crippen molar-refractivity contribution in [3.8, 4) is 0 Å². The molecular weight excluding hydrogens is 204 g/mol. The number of aliphatic hydroxyl groups excluding tert-OH is 2. The molecular formula is C9H18O6. The second kappa shape index (κ2) is 9.85. The molecule has 0 fully saturated rings. The summed E-state index contributed by atoms with van der Waals surface area (Å²) >= 11 is 0. The number of ether oxygens (including phenoxy) is 3. The van der Waals surface area contributed by atoms with Gasteiger partial charge in [0, 0.05) is 13.0 Å². The first-order chi connectivity index (χ1) is 7.26. The fraction of sp³-hybridized carbons (Fsp3) is 0.889. The van der Waals surface area contributed by atoms with Crippen LogP contribution in [0.2, 0.25) is 0 Å². The van der Waals surface area contributed by atoms with Crippen LogP contribution >= 0.6 is 0 Å². The van der Waals surface area contributed by atoms with Crippen LogP contribution < -0.4 is 0 Å². The van der Waals surface area contributed by atoms with Crippen LogP contribution in [-0.2, 0) is 19.0 Å².